The second-order valence-corrected chi connectivity index (χ2v) is 6.69. The first-order valence-electron chi connectivity index (χ1n) is 9.62. The summed E-state index contributed by atoms with van der Waals surface area (Å²) in [4.78, 5) is 39.9. The van der Waals surface area contributed by atoms with Gasteiger partial charge in [0.15, 0.2) is 0 Å². The van der Waals surface area contributed by atoms with Gasteiger partial charge in [0, 0.05) is 17.9 Å². The third-order valence-corrected chi connectivity index (χ3v) is 4.35. The fourth-order valence-electron chi connectivity index (χ4n) is 2.63. The minimum atomic E-state index is -0.513. The van der Waals surface area contributed by atoms with E-state index in [-0.39, 0.29) is 18.4 Å². The van der Waals surface area contributed by atoms with Gasteiger partial charge in [0.1, 0.15) is 18.7 Å². The molecule has 3 rings (SSSR count). The maximum Gasteiger partial charge on any atom is 0.315 e. The minimum absolute atomic E-state index is 0.172. The molecule has 1 atom stereocenters. The van der Waals surface area contributed by atoms with Crippen molar-refractivity contribution in [2.24, 2.45) is 0 Å². The Hall–Kier alpha value is -4.21. The molecule has 4 N–H and O–H groups in total. The lowest BCUT2D eigenvalue weighted by atomic mass is 10.2. The highest BCUT2D eigenvalue weighted by Gasteiger charge is 2.15. The Balaban J connectivity index is 1.40. The lowest BCUT2D eigenvalue weighted by molar-refractivity contribution is -0.119. The monoisotopic (exact) mass is 421 g/mol. The van der Waals surface area contributed by atoms with E-state index in [9.17, 15) is 14.4 Å². The molecule has 10 nitrogen and oxygen atoms in total. The average molecular weight is 421 g/mol. The molecule has 0 aliphatic rings. The number of nitrogens with zero attached hydrogens (tertiary/aromatic N) is 3. The molecule has 0 aliphatic carbocycles. The van der Waals surface area contributed by atoms with Crippen LogP contribution in [0, 0.1) is 0 Å². The molecule has 2 aromatic carbocycles. The molecule has 0 saturated carbocycles. The van der Waals surface area contributed by atoms with Crippen LogP contribution in [0.3, 0.4) is 0 Å². The summed E-state index contributed by atoms with van der Waals surface area (Å²) in [5.74, 6) is -0.612. The minimum Gasteiger partial charge on any atom is -0.334 e. The Bertz CT molecular complexity index is 1010. The van der Waals surface area contributed by atoms with Crippen LogP contribution in [0.25, 0.3) is 0 Å². The van der Waals surface area contributed by atoms with Crippen LogP contribution in [0.2, 0.25) is 0 Å². The zero-order valence-corrected chi connectivity index (χ0v) is 16.9. The number of rotatable bonds is 8. The van der Waals surface area contributed by atoms with Gasteiger partial charge in [0.2, 0.25) is 11.8 Å². The quantitative estimate of drug-likeness (QED) is 0.441. The van der Waals surface area contributed by atoms with Gasteiger partial charge in [-0.1, -0.05) is 30.3 Å². The van der Waals surface area contributed by atoms with Gasteiger partial charge >= 0.3 is 6.03 Å². The van der Waals surface area contributed by atoms with E-state index >= 15 is 0 Å². The largest absolute Gasteiger partial charge is 0.334 e. The number of benzene rings is 2. The highest BCUT2D eigenvalue weighted by atomic mass is 16.2. The van der Waals surface area contributed by atoms with E-state index in [0.717, 1.165) is 5.56 Å². The van der Waals surface area contributed by atoms with Gasteiger partial charge in [0.25, 0.3) is 0 Å². The summed E-state index contributed by atoms with van der Waals surface area (Å²) in [6.07, 6.45) is 2.84. The lowest BCUT2D eigenvalue weighted by Gasteiger charge is -2.12. The second kappa shape index (κ2) is 10.5. The van der Waals surface area contributed by atoms with Crippen molar-refractivity contribution in [3.8, 4) is 0 Å². The molecule has 0 bridgehead atoms. The molecule has 10 heteroatoms. The molecule has 4 amide bonds. The van der Waals surface area contributed by atoms with Crippen LogP contribution in [0.4, 0.5) is 16.2 Å². The number of anilines is 2. The SMILES string of the molecule is C[C@H](C(=O)Nc1ccc(NC(=O)CNC(=O)NCc2ccccc2)cc1)n1cncn1. The van der Waals surface area contributed by atoms with Gasteiger partial charge in [-0.3, -0.25) is 9.59 Å². The first-order valence-corrected chi connectivity index (χ1v) is 9.62. The third-order valence-electron chi connectivity index (χ3n) is 4.35. The number of carbonyl (C=O) groups is 3. The summed E-state index contributed by atoms with van der Waals surface area (Å²) in [7, 11) is 0. The number of nitrogens with one attached hydrogen (secondary N) is 4. The van der Waals surface area contributed by atoms with Crippen LogP contribution in [0.5, 0.6) is 0 Å². The first-order chi connectivity index (χ1) is 15.0. The molecular weight excluding hydrogens is 398 g/mol. The van der Waals surface area contributed by atoms with Gasteiger partial charge in [-0.15, -0.1) is 0 Å². The standard InChI is InChI=1S/C21H23N7O3/c1-15(28-14-22-13-25-28)20(30)27-18-9-7-17(8-10-18)26-19(29)12-24-21(31)23-11-16-5-3-2-4-6-16/h2-10,13-15H,11-12H2,1H3,(H,26,29)(H,27,30)(H2,23,24,31)/t15-/m1/s1. The molecule has 0 saturated heterocycles. The number of hydrogen-bond acceptors (Lipinski definition) is 5. The highest BCUT2D eigenvalue weighted by Crippen LogP contribution is 2.15. The van der Waals surface area contributed by atoms with Crippen molar-refractivity contribution in [3.63, 3.8) is 0 Å². The van der Waals surface area contributed by atoms with E-state index in [0.29, 0.717) is 17.9 Å². The van der Waals surface area contributed by atoms with E-state index in [2.05, 4.69) is 31.3 Å². The molecule has 3 aromatic rings. The molecule has 31 heavy (non-hydrogen) atoms. The molecule has 0 aliphatic heterocycles. The molecule has 0 fully saturated rings. The van der Waals surface area contributed by atoms with Crippen LogP contribution in [0.1, 0.15) is 18.5 Å². The number of hydrogen-bond donors (Lipinski definition) is 4. The molecule has 0 spiro atoms. The predicted molar refractivity (Wildman–Crippen MR) is 115 cm³/mol. The van der Waals surface area contributed by atoms with Gasteiger partial charge in [-0.05, 0) is 36.8 Å². The number of amides is 4. The van der Waals surface area contributed by atoms with E-state index in [4.69, 9.17) is 0 Å². The molecule has 1 aromatic heterocycles. The van der Waals surface area contributed by atoms with Crippen LogP contribution in [-0.4, -0.2) is 39.2 Å². The van der Waals surface area contributed by atoms with Crippen LogP contribution in [-0.2, 0) is 16.1 Å². The van der Waals surface area contributed by atoms with E-state index in [1.54, 1.807) is 31.2 Å². The van der Waals surface area contributed by atoms with Gasteiger partial charge < -0.3 is 21.3 Å². The van der Waals surface area contributed by atoms with Crippen LogP contribution in [0.15, 0.2) is 67.3 Å². The fraction of sp³-hybridized carbons (Fsp3) is 0.190. The average Bonchev–Trinajstić information content (AvgIpc) is 3.32. The lowest BCUT2D eigenvalue weighted by Crippen LogP contribution is -2.39. The molecular formula is C21H23N7O3. The van der Waals surface area contributed by atoms with Crippen molar-refractivity contribution in [3.05, 3.63) is 72.8 Å². The normalized spacial score (nSPS) is 11.3. The predicted octanol–water partition coefficient (Wildman–Crippen LogP) is 1.92. The summed E-state index contributed by atoms with van der Waals surface area (Å²) in [6, 6.07) is 15.2. The summed E-state index contributed by atoms with van der Waals surface area (Å²) in [5, 5.41) is 14.6. The first kappa shape index (κ1) is 21.5. The Morgan fingerprint density at radius 3 is 2.26 bits per heavy atom. The van der Waals surface area contributed by atoms with Crippen molar-refractivity contribution in [1.82, 2.24) is 25.4 Å². The van der Waals surface area contributed by atoms with Gasteiger partial charge in [-0.2, -0.15) is 5.10 Å². The zero-order chi connectivity index (χ0) is 22.1. The van der Waals surface area contributed by atoms with E-state index in [1.807, 2.05) is 30.3 Å². The van der Waals surface area contributed by atoms with Crippen molar-refractivity contribution in [2.75, 3.05) is 17.2 Å². The van der Waals surface area contributed by atoms with Gasteiger partial charge in [-0.25, -0.2) is 14.5 Å². The van der Waals surface area contributed by atoms with Crippen molar-refractivity contribution >= 4 is 29.2 Å². The second-order valence-electron chi connectivity index (χ2n) is 6.69. The highest BCUT2D eigenvalue weighted by molar-refractivity contribution is 5.95. The smallest absolute Gasteiger partial charge is 0.315 e. The topological polar surface area (TPSA) is 130 Å². The molecule has 0 radical (unpaired) electrons. The van der Waals surface area contributed by atoms with E-state index in [1.165, 1.54) is 17.3 Å². The Kier molecular flexibility index (Phi) is 7.30. The summed E-state index contributed by atoms with van der Waals surface area (Å²) >= 11 is 0. The van der Waals surface area contributed by atoms with Crippen molar-refractivity contribution in [1.29, 1.82) is 0 Å². The van der Waals surface area contributed by atoms with Crippen molar-refractivity contribution in [2.45, 2.75) is 19.5 Å². The number of aromatic nitrogens is 3. The van der Waals surface area contributed by atoms with Crippen LogP contribution < -0.4 is 21.3 Å². The zero-order valence-electron chi connectivity index (χ0n) is 16.9. The number of urea groups is 1. The Morgan fingerprint density at radius 1 is 0.935 bits per heavy atom. The molecule has 160 valence electrons. The third kappa shape index (κ3) is 6.67. The van der Waals surface area contributed by atoms with Crippen LogP contribution >= 0.6 is 0 Å². The molecule has 1 heterocycles. The Morgan fingerprint density at radius 2 is 1.61 bits per heavy atom. The Labute approximate surface area is 179 Å². The van der Waals surface area contributed by atoms with Gasteiger partial charge in [0.05, 0.1) is 6.54 Å². The fourth-order valence-corrected chi connectivity index (χ4v) is 2.63. The maximum atomic E-state index is 12.3. The number of carbonyl (C=O) groups excluding carboxylic acids is 3. The summed E-state index contributed by atoms with van der Waals surface area (Å²) < 4.78 is 1.45. The molecule has 0 unspecified atom stereocenters. The maximum absolute atomic E-state index is 12.3. The summed E-state index contributed by atoms with van der Waals surface area (Å²) in [5.41, 5.74) is 2.08. The summed E-state index contributed by atoms with van der Waals surface area (Å²) in [6.45, 7) is 1.91. The van der Waals surface area contributed by atoms with E-state index < -0.39 is 12.1 Å². The van der Waals surface area contributed by atoms with Crippen molar-refractivity contribution < 1.29 is 14.4 Å².